The Morgan fingerprint density at radius 2 is 2.23 bits per heavy atom. The van der Waals surface area contributed by atoms with Crippen LogP contribution >= 0.6 is 11.6 Å². The fraction of sp³-hybridized carbons (Fsp3) is 0.300. The summed E-state index contributed by atoms with van der Waals surface area (Å²) in [5.74, 6) is 0. The molecule has 0 aromatic heterocycles. The molecule has 0 radical (unpaired) electrons. The van der Waals surface area contributed by atoms with Crippen LogP contribution in [0.25, 0.3) is 0 Å². The van der Waals surface area contributed by atoms with Crippen molar-refractivity contribution in [3.63, 3.8) is 0 Å². The topological polar surface area (TPSA) is 35.8 Å². The van der Waals surface area contributed by atoms with Gasteiger partial charge in [0.05, 0.1) is 6.07 Å². The van der Waals surface area contributed by atoms with E-state index < -0.39 is 0 Å². The van der Waals surface area contributed by atoms with Crippen LogP contribution in [-0.4, -0.2) is 5.54 Å². The number of rotatable bonds is 2. The van der Waals surface area contributed by atoms with Crippen LogP contribution in [0.4, 0.5) is 5.69 Å². The summed E-state index contributed by atoms with van der Waals surface area (Å²) in [5.41, 5.74) is 0.608. The van der Waals surface area contributed by atoms with Crippen LogP contribution in [0.3, 0.4) is 0 Å². The van der Waals surface area contributed by atoms with Crippen molar-refractivity contribution < 1.29 is 0 Å². The number of halogens is 1. The van der Waals surface area contributed by atoms with Crippen LogP contribution < -0.4 is 5.32 Å². The van der Waals surface area contributed by atoms with E-state index >= 15 is 0 Å². The fourth-order valence-corrected chi connectivity index (χ4v) is 1.42. The van der Waals surface area contributed by atoms with Crippen molar-refractivity contribution in [3.05, 3.63) is 29.3 Å². The molecule has 66 valence electrons. The van der Waals surface area contributed by atoms with Crippen LogP contribution in [0.15, 0.2) is 24.3 Å². The molecule has 1 fully saturated rings. The van der Waals surface area contributed by atoms with Crippen molar-refractivity contribution in [3.8, 4) is 6.07 Å². The van der Waals surface area contributed by atoms with Gasteiger partial charge in [0.1, 0.15) is 5.54 Å². The second kappa shape index (κ2) is 2.93. The third-order valence-corrected chi connectivity index (χ3v) is 2.41. The molecule has 0 unspecified atom stereocenters. The lowest BCUT2D eigenvalue weighted by atomic mass is 10.2. The summed E-state index contributed by atoms with van der Waals surface area (Å²) < 4.78 is 0. The maximum Gasteiger partial charge on any atom is 0.125 e. The van der Waals surface area contributed by atoms with E-state index in [1.54, 1.807) is 0 Å². The van der Waals surface area contributed by atoms with Gasteiger partial charge in [-0.3, -0.25) is 0 Å². The number of benzene rings is 1. The van der Waals surface area contributed by atoms with Gasteiger partial charge in [-0.25, -0.2) is 0 Å². The average Bonchev–Trinajstić information content (AvgIpc) is 2.86. The van der Waals surface area contributed by atoms with Gasteiger partial charge in [0, 0.05) is 10.7 Å². The zero-order valence-corrected chi connectivity index (χ0v) is 7.80. The molecule has 1 aromatic carbocycles. The maximum atomic E-state index is 8.84. The molecule has 0 atom stereocenters. The minimum absolute atomic E-state index is 0.315. The lowest BCUT2D eigenvalue weighted by molar-refractivity contribution is 0.946. The molecule has 0 bridgehead atoms. The Hall–Kier alpha value is -1.20. The summed E-state index contributed by atoms with van der Waals surface area (Å²) in [4.78, 5) is 0. The van der Waals surface area contributed by atoms with Gasteiger partial charge in [0.15, 0.2) is 0 Å². The van der Waals surface area contributed by atoms with E-state index in [0.29, 0.717) is 5.02 Å². The van der Waals surface area contributed by atoms with Crippen molar-refractivity contribution in [2.45, 2.75) is 18.4 Å². The molecular formula is C10H9ClN2. The summed E-state index contributed by atoms with van der Waals surface area (Å²) in [6.45, 7) is 0. The van der Waals surface area contributed by atoms with Gasteiger partial charge in [-0.05, 0) is 31.0 Å². The minimum Gasteiger partial charge on any atom is -0.367 e. The molecule has 1 aliphatic rings. The van der Waals surface area contributed by atoms with Gasteiger partial charge in [-0.1, -0.05) is 17.7 Å². The summed E-state index contributed by atoms with van der Waals surface area (Å²) >= 11 is 5.81. The standard InChI is InChI=1S/C10H9ClN2/c11-8-2-1-3-9(6-8)13-10(7-12)4-5-10/h1-3,6,13H,4-5H2. The van der Waals surface area contributed by atoms with Gasteiger partial charge in [0.25, 0.3) is 0 Å². The quantitative estimate of drug-likeness (QED) is 0.782. The van der Waals surface area contributed by atoms with Crippen LogP contribution in [0.1, 0.15) is 12.8 Å². The number of hydrogen-bond donors (Lipinski definition) is 1. The first kappa shape index (κ1) is 8.40. The van der Waals surface area contributed by atoms with Crippen molar-refractivity contribution in [1.29, 1.82) is 5.26 Å². The Balaban J connectivity index is 2.15. The lowest BCUT2D eigenvalue weighted by Gasteiger charge is -2.10. The lowest BCUT2D eigenvalue weighted by Crippen LogP contribution is -2.17. The zero-order valence-electron chi connectivity index (χ0n) is 7.05. The number of hydrogen-bond acceptors (Lipinski definition) is 2. The van der Waals surface area contributed by atoms with E-state index in [-0.39, 0.29) is 5.54 Å². The SMILES string of the molecule is N#CC1(Nc2cccc(Cl)c2)CC1. The Kier molecular flexibility index (Phi) is 1.90. The predicted octanol–water partition coefficient (Wildman–Crippen LogP) is 2.81. The zero-order chi connectivity index (χ0) is 9.31. The largest absolute Gasteiger partial charge is 0.367 e. The van der Waals surface area contributed by atoms with Gasteiger partial charge in [0.2, 0.25) is 0 Å². The van der Waals surface area contributed by atoms with E-state index in [2.05, 4.69) is 11.4 Å². The van der Waals surface area contributed by atoms with Gasteiger partial charge in [-0.2, -0.15) is 5.26 Å². The van der Waals surface area contributed by atoms with E-state index in [1.807, 2.05) is 24.3 Å². The Labute approximate surface area is 82.1 Å². The highest BCUT2D eigenvalue weighted by molar-refractivity contribution is 6.30. The molecule has 0 saturated heterocycles. The van der Waals surface area contributed by atoms with E-state index in [0.717, 1.165) is 18.5 Å². The summed E-state index contributed by atoms with van der Waals surface area (Å²) in [6, 6.07) is 9.71. The molecule has 0 aliphatic heterocycles. The normalized spacial score (nSPS) is 17.5. The smallest absolute Gasteiger partial charge is 0.125 e. The molecule has 3 heteroatoms. The van der Waals surface area contributed by atoms with Crippen molar-refractivity contribution >= 4 is 17.3 Å². The third-order valence-electron chi connectivity index (χ3n) is 2.17. The fourth-order valence-electron chi connectivity index (χ4n) is 1.23. The molecule has 2 nitrogen and oxygen atoms in total. The van der Waals surface area contributed by atoms with E-state index in [9.17, 15) is 0 Å². The Bertz CT molecular complexity index is 363. The summed E-state index contributed by atoms with van der Waals surface area (Å²) in [6.07, 6.45) is 1.85. The molecule has 1 aromatic rings. The number of nitrogens with one attached hydrogen (secondary N) is 1. The molecule has 0 spiro atoms. The molecular weight excluding hydrogens is 184 g/mol. The Morgan fingerprint density at radius 1 is 1.46 bits per heavy atom. The molecule has 0 heterocycles. The maximum absolute atomic E-state index is 8.84. The van der Waals surface area contributed by atoms with Gasteiger partial charge in [-0.15, -0.1) is 0 Å². The first-order valence-electron chi connectivity index (χ1n) is 4.19. The first-order chi connectivity index (χ1) is 6.24. The second-order valence-corrected chi connectivity index (χ2v) is 3.77. The highest BCUT2D eigenvalue weighted by atomic mass is 35.5. The minimum atomic E-state index is -0.315. The summed E-state index contributed by atoms with van der Waals surface area (Å²) in [5, 5.41) is 12.7. The van der Waals surface area contributed by atoms with E-state index in [4.69, 9.17) is 16.9 Å². The van der Waals surface area contributed by atoms with E-state index in [1.165, 1.54) is 0 Å². The average molecular weight is 193 g/mol. The Morgan fingerprint density at radius 3 is 2.77 bits per heavy atom. The highest BCUT2D eigenvalue weighted by Gasteiger charge is 2.43. The van der Waals surface area contributed by atoms with Crippen LogP contribution in [0.5, 0.6) is 0 Å². The van der Waals surface area contributed by atoms with Crippen LogP contribution in [0, 0.1) is 11.3 Å². The second-order valence-electron chi connectivity index (χ2n) is 3.33. The predicted molar refractivity (Wildman–Crippen MR) is 52.7 cm³/mol. The monoisotopic (exact) mass is 192 g/mol. The molecule has 1 N–H and O–H groups in total. The van der Waals surface area contributed by atoms with Gasteiger partial charge < -0.3 is 5.32 Å². The third kappa shape index (κ3) is 1.76. The van der Waals surface area contributed by atoms with Crippen molar-refractivity contribution in [2.24, 2.45) is 0 Å². The molecule has 2 rings (SSSR count). The molecule has 0 amide bonds. The number of anilines is 1. The highest BCUT2D eigenvalue weighted by Crippen LogP contribution is 2.38. The summed E-state index contributed by atoms with van der Waals surface area (Å²) in [7, 11) is 0. The number of nitrogens with zero attached hydrogens (tertiary/aromatic N) is 1. The van der Waals surface area contributed by atoms with Crippen molar-refractivity contribution in [2.75, 3.05) is 5.32 Å². The molecule has 1 saturated carbocycles. The van der Waals surface area contributed by atoms with Crippen LogP contribution in [0.2, 0.25) is 5.02 Å². The van der Waals surface area contributed by atoms with Gasteiger partial charge >= 0.3 is 0 Å². The molecule has 1 aliphatic carbocycles. The van der Waals surface area contributed by atoms with Crippen molar-refractivity contribution in [1.82, 2.24) is 0 Å². The van der Waals surface area contributed by atoms with Crippen LogP contribution in [-0.2, 0) is 0 Å². The number of nitriles is 1. The first-order valence-corrected chi connectivity index (χ1v) is 4.57. The molecule has 13 heavy (non-hydrogen) atoms.